The summed E-state index contributed by atoms with van der Waals surface area (Å²) < 4.78 is 0. The van der Waals surface area contributed by atoms with Gasteiger partial charge in [0.15, 0.2) is 5.96 Å². The topological polar surface area (TPSA) is 249 Å². The number of nitrogens with two attached hydrogens (primary N) is 4. The molecule has 2 amide bonds. The zero-order chi connectivity index (χ0) is 23.1. The van der Waals surface area contributed by atoms with Crippen LogP contribution in [-0.2, 0) is 19.2 Å². The van der Waals surface area contributed by atoms with Crippen LogP contribution in [0.1, 0.15) is 44.9 Å². The molecule has 12 N–H and O–H groups in total. The largest absolute Gasteiger partial charge is 0.481 e. The average Bonchev–Trinajstić information content (AvgIpc) is 2.66. The predicted molar refractivity (Wildman–Crippen MR) is 109 cm³/mol. The molecule has 0 aromatic heterocycles. The van der Waals surface area contributed by atoms with Gasteiger partial charge < -0.3 is 43.8 Å². The van der Waals surface area contributed by atoms with Crippen LogP contribution >= 0.6 is 0 Å². The maximum Gasteiger partial charge on any atom is 0.326 e. The molecule has 0 aliphatic heterocycles. The molecule has 0 aliphatic rings. The predicted octanol–water partition coefficient (Wildman–Crippen LogP) is -2.58. The minimum atomic E-state index is -1.20. The zero-order valence-corrected chi connectivity index (χ0v) is 16.9. The average molecular weight is 431 g/mol. The van der Waals surface area contributed by atoms with Crippen LogP contribution in [0.3, 0.4) is 0 Å². The van der Waals surface area contributed by atoms with Crippen molar-refractivity contribution in [3.8, 4) is 0 Å². The molecule has 3 atom stereocenters. The molecule has 0 bridgehead atoms. The van der Waals surface area contributed by atoms with Gasteiger partial charge >= 0.3 is 11.9 Å². The summed E-state index contributed by atoms with van der Waals surface area (Å²) in [6.07, 6.45) is 1.33. The molecule has 0 aromatic carbocycles. The number of amides is 2. The summed E-state index contributed by atoms with van der Waals surface area (Å²) in [6.45, 7) is 0.601. The van der Waals surface area contributed by atoms with E-state index in [4.69, 9.17) is 28.0 Å². The first-order chi connectivity index (χ1) is 14.1. The molecule has 0 heterocycles. The Labute approximate surface area is 174 Å². The Bertz CT molecular complexity index is 609. The highest BCUT2D eigenvalue weighted by Gasteiger charge is 2.27. The van der Waals surface area contributed by atoms with Crippen molar-refractivity contribution in [2.24, 2.45) is 27.9 Å². The number of carboxylic acids is 2. The maximum absolute atomic E-state index is 12.6. The van der Waals surface area contributed by atoms with E-state index >= 15 is 0 Å². The highest BCUT2D eigenvalue weighted by Crippen LogP contribution is 2.05. The second-order valence-electron chi connectivity index (χ2n) is 6.73. The van der Waals surface area contributed by atoms with Crippen molar-refractivity contribution in [1.29, 1.82) is 0 Å². The minimum Gasteiger partial charge on any atom is -0.481 e. The van der Waals surface area contributed by atoms with E-state index in [2.05, 4.69) is 15.6 Å². The summed E-state index contributed by atoms with van der Waals surface area (Å²) in [5.74, 6) is -3.84. The van der Waals surface area contributed by atoms with E-state index in [0.717, 1.165) is 0 Å². The van der Waals surface area contributed by atoms with Crippen molar-refractivity contribution >= 4 is 29.7 Å². The third-order valence-electron chi connectivity index (χ3n) is 4.15. The van der Waals surface area contributed by atoms with Gasteiger partial charge in [-0.1, -0.05) is 0 Å². The van der Waals surface area contributed by atoms with Crippen LogP contribution in [0.5, 0.6) is 0 Å². The number of hydrogen-bond acceptors (Lipinski definition) is 7. The number of carbonyl (C=O) groups is 4. The van der Waals surface area contributed by atoms with Gasteiger partial charge in [0.05, 0.1) is 6.04 Å². The number of unbranched alkanes of at least 4 members (excludes halogenated alkanes) is 1. The lowest BCUT2D eigenvalue weighted by Gasteiger charge is -2.22. The lowest BCUT2D eigenvalue weighted by molar-refractivity contribution is -0.142. The first-order valence-electron chi connectivity index (χ1n) is 9.64. The van der Waals surface area contributed by atoms with Crippen LogP contribution in [0.4, 0.5) is 0 Å². The van der Waals surface area contributed by atoms with Crippen molar-refractivity contribution in [2.45, 2.75) is 63.1 Å². The van der Waals surface area contributed by atoms with Crippen molar-refractivity contribution in [3.05, 3.63) is 0 Å². The highest BCUT2D eigenvalue weighted by atomic mass is 16.4. The number of aliphatic carboxylic acids is 2. The monoisotopic (exact) mass is 431 g/mol. The molecule has 0 aliphatic carbocycles. The molecule has 13 nitrogen and oxygen atoms in total. The minimum absolute atomic E-state index is 0.111. The third-order valence-corrected chi connectivity index (χ3v) is 4.15. The lowest BCUT2D eigenvalue weighted by atomic mass is 10.1. The van der Waals surface area contributed by atoms with Gasteiger partial charge in [-0.05, 0) is 45.1 Å². The number of nitrogens with one attached hydrogen (secondary N) is 2. The third kappa shape index (κ3) is 12.5. The van der Waals surface area contributed by atoms with Crippen LogP contribution in [0, 0.1) is 0 Å². The standard InChI is InChI=1S/C17H33N7O6/c18-8-2-1-4-12(16(29)30)24-15(28)11(5-3-9-22-17(20)21)23-14(27)10(19)6-7-13(25)26/h10-12H,1-9,18-19H2,(H,23,27)(H,24,28)(H,25,26)(H,29,30)(H4,20,21,22)/t10-,11-,12-/m0/s1. The molecule has 172 valence electrons. The van der Waals surface area contributed by atoms with Gasteiger partial charge in [-0.3, -0.25) is 19.4 Å². The van der Waals surface area contributed by atoms with E-state index in [1.165, 1.54) is 0 Å². The molecule has 0 fully saturated rings. The van der Waals surface area contributed by atoms with E-state index in [-0.39, 0.29) is 38.2 Å². The summed E-state index contributed by atoms with van der Waals surface area (Å²) in [4.78, 5) is 50.7. The van der Waals surface area contributed by atoms with Crippen LogP contribution in [0.2, 0.25) is 0 Å². The Kier molecular flexibility index (Phi) is 13.5. The molecular weight excluding hydrogens is 398 g/mol. The van der Waals surface area contributed by atoms with E-state index < -0.39 is 41.9 Å². The molecule has 30 heavy (non-hydrogen) atoms. The van der Waals surface area contributed by atoms with E-state index in [1.807, 2.05) is 0 Å². The Morgan fingerprint density at radius 2 is 1.47 bits per heavy atom. The first-order valence-corrected chi connectivity index (χ1v) is 9.64. The van der Waals surface area contributed by atoms with Gasteiger partial charge in [-0.2, -0.15) is 0 Å². The molecule has 0 radical (unpaired) electrons. The van der Waals surface area contributed by atoms with Crippen molar-refractivity contribution in [3.63, 3.8) is 0 Å². The summed E-state index contributed by atoms with van der Waals surface area (Å²) in [6, 6.07) is -3.35. The number of guanidine groups is 1. The van der Waals surface area contributed by atoms with Gasteiger partial charge in [0, 0.05) is 13.0 Å². The second-order valence-corrected chi connectivity index (χ2v) is 6.73. The number of aliphatic imine (C=N–C) groups is 1. The molecule has 0 spiro atoms. The molecule has 0 rings (SSSR count). The smallest absolute Gasteiger partial charge is 0.326 e. The first kappa shape index (κ1) is 27.1. The fraction of sp³-hybridized carbons (Fsp3) is 0.706. The van der Waals surface area contributed by atoms with Crippen molar-refractivity contribution in [2.75, 3.05) is 13.1 Å². The van der Waals surface area contributed by atoms with E-state index in [9.17, 15) is 24.3 Å². The summed E-state index contributed by atoms with van der Waals surface area (Å²) in [5.41, 5.74) is 21.6. The van der Waals surface area contributed by atoms with Gasteiger partial charge in [0.25, 0.3) is 0 Å². The number of hydrogen-bond donors (Lipinski definition) is 8. The van der Waals surface area contributed by atoms with Crippen molar-refractivity contribution in [1.82, 2.24) is 10.6 Å². The summed E-state index contributed by atoms with van der Waals surface area (Å²) in [7, 11) is 0. The normalized spacial score (nSPS) is 13.5. The molecule has 0 saturated carbocycles. The summed E-state index contributed by atoms with van der Waals surface area (Å²) in [5, 5.41) is 22.9. The van der Waals surface area contributed by atoms with E-state index in [1.54, 1.807) is 0 Å². The van der Waals surface area contributed by atoms with Crippen LogP contribution in [0.15, 0.2) is 4.99 Å². The van der Waals surface area contributed by atoms with Gasteiger partial charge in [-0.15, -0.1) is 0 Å². The molecule has 0 aromatic rings. The second kappa shape index (κ2) is 15.0. The number of rotatable bonds is 16. The fourth-order valence-corrected chi connectivity index (χ4v) is 2.48. The fourth-order valence-electron chi connectivity index (χ4n) is 2.48. The van der Waals surface area contributed by atoms with Crippen LogP contribution in [0.25, 0.3) is 0 Å². The van der Waals surface area contributed by atoms with E-state index in [0.29, 0.717) is 25.8 Å². The highest BCUT2D eigenvalue weighted by molar-refractivity contribution is 5.91. The van der Waals surface area contributed by atoms with Gasteiger partial charge in [-0.25, -0.2) is 4.79 Å². The summed E-state index contributed by atoms with van der Waals surface area (Å²) >= 11 is 0. The van der Waals surface area contributed by atoms with Gasteiger partial charge in [0.2, 0.25) is 11.8 Å². The van der Waals surface area contributed by atoms with Crippen LogP contribution < -0.4 is 33.6 Å². The molecule has 0 unspecified atom stereocenters. The van der Waals surface area contributed by atoms with Crippen molar-refractivity contribution < 1.29 is 29.4 Å². The Hall–Kier alpha value is -2.93. The number of carbonyl (C=O) groups excluding carboxylic acids is 2. The van der Waals surface area contributed by atoms with Gasteiger partial charge in [0.1, 0.15) is 12.1 Å². The van der Waals surface area contributed by atoms with Crippen LogP contribution in [-0.4, -0.2) is 71.1 Å². The quantitative estimate of drug-likeness (QED) is 0.0719. The molecule has 0 saturated heterocycles. The lowest BCUT2D eigenvalue weighted by Crippen LogP contribution is -2.54. The molecular formula is C17H33N7O6. The SMILES string of the molecule is NCCCC[C@H](NC(=O)[C@H](CCCN=C(N)N)NC(=O)[C@@H](N)CCC(=O)O)C(=O)O. The molecule has 13 heteroatoms. The zero-order valence-electron chi connectivity index (χ0n) is 16.9. The number of nitrogens with zero attached hydrogens (tertiary/aromatic N) is 1. The Balaban J connectivity index is 5.07. The number of carboxylic acid groups (broad SMARTS) is 2. The Morgan fingerprint density at radius 3 is 2.00 bits per heavy atom. The Morgan fingerprint density at radius 1 is 0.867 bits per heavy atom. The maximum atomic E-state index is 12.6.